The quantitative estimate of drug-likeness (QED) is 0.585. The molecule has 1 aromatic rings. The van der Waals surface area contributed by atoms with Crippen LogP contribution in [0, 0.1) is 11.3 Å². The minimum absolute atomic E-state index is 0.127. The molecule has 1 aromatic heterocycles. The first-order valence-corrected chi connectivity index (χ1v) is 10.6. The van der Waals surface area contributed by atoms with Gasteiger partial charge in [-0.05, 0) is 26.2 Å². The molecule has 0 amide bonds. The van der Waals surface area contributed by atoms with E-state index in [1.54, 1.807) is 7.11 Å². The molecule has 2 fully saturated rings. The predicted molar refractivity (Wildman–Crippen MR) is 107 cm³/mol. The van der Waals surface area contributed by atoms with Gasteiger partial charge in [0, 0.05) is 50.1 Å². The fraction of sp³-hybridized carbons (Fsp3) is 0.850. The van der Waals surface area contributed by atoms with Gasteiger partial charge in [-0.25, -0.2) is 9.67 Å². The SMILES string of the molecule is CCN=C(NC1CCc2nc(COC)nn2C1)NC1C2CCCOC2C1(C)C. The van der Waals surface area contributed by atoms with E-state index in [0.29, 0.717) is 30.7 Å². The number of rotatable bonds is 5. The molecular formula is C20H34N6O2. The van der Waals surface area contributed by atoms with E-state index in [0.717, 1.165) is 56.6 Å². The van der Waals surface area contributed by atoms with Crippen LogP contribution in [0.1, 0.15) is 51.7 Å². The van der Waals surface area contributed by atoms with Gasteiger partial charge in [-0.15, -0.1) is 0 Å². The highest BCUT2D eigenvalue weighted by atomic mass is 16.5. The summed E-state index contributed by atoms with van der Waals surface area (Å²) in [5, 5.41) is 12.0. The fourth-order valence-corrected chi connectivity index (χ4v) is 5.12. The second kappa shape index (κ2) is 7.99. The zero-order valence-corrected chi connectivity index (χ0v) is 17.6. The van der Waals surface area contributed by atoms with Crippen LogP contribution < -0.4 is 10.6 Å². The van der Waals surface area contributed by atoms with E-state index in [1.807, 2.05) is 4.68 Å². The highest BCUT2D eigenvalue weighted by molar-refractivity contribution is 5.80. The molecule has 0 spiro atoms. The maximum atomic E-state index is 6.05. The summed E-state index contributed by atoms with van der Waals surface area (Å²) in [6.07, 6.45) is 4.71. The molecule has 1 saturated heterocycles. The van der Waals surface area contributed by atoms with E-state index in [4.69, 9.17) is 14.5 Å². The molecule has 4 atom stereocenters. The number of aliphatic imine (C=N–C) groups is 1. The van der Waals surface area contributed by atoms with Gasteiger partial charge in [0.2, 0.25) is 0 Å². The zero-order valence-electron chi connectivity index (χ0n) is 17.6. The lowest BCUT2D eigenvalue weighted by atomic mass is 9.55. The molecule has 0 aromatic carbocycles. The van der Waals surface area contributed by atoms with Crippen molar-refractivity contribution in [2.75, 3.05) is 20.3 Å². The summed E-state index contributed by atoms with van der Waals surface area (Å²) in [6, 6.07) is 0.693. The molecule has 0 bridgehead atoms. The van der Waals surface area contributed by atoms with E-state index in [9.17, 15) is 0 Å². The number of fused-ring (bicyclic) bond motifs is 2. The number of hydrogen-bond donors (Lipinski definition) is 2. The van der Waals surface area contributed by atoms with Gasteiger partial charge in [0.1, 0.15) is 12.4 Å². The number of nitrogens with zero attached hydrogens (tertiary/aromatic N) is 4. The first kappa shape index (κ1) is 19.6. The highest BCUT2D eigenvalue weighted by Gasteiger charge is 2.58. The Morgan fingerprint density at radius 1 is 1.36 bits per heavy atom. The molecule has 4 rings (SSSR count). The molecule has 1 saturated carbocycles. The minimum Gasteiger partial charge on any atom is -0.377 e. The van der Waals surface area contributed by atoms with Gasteiger partial charge in [-0.2, -0.15) is 5.10 Å². The summed E-state index contributed by atoms with van der Waals surface area (Å²) in [5.74, 6) is 3.31. The van der Waals surface area contributed by atoms with Crippen LogP contribution in [0.2, 0.25) is 0 Å². The van der Waals surface area contributed by atoms with Crippen molar-refractivity contribution in [3.63, 3.8) is 0 Å². The van der Waals surface area contributed by atoms with Gasteiger partial charge in [-0.1, -0.05) is 13.8 Å². The van der Waals surface area contributed by atoms with Crippen LogP contribution in [0.25, 0.3) is 0 Å². The number of guanidine groups is 1. The Morgan fingerprint density at radius 2 is 2.21 bits per heavy atom. The Kier molecular flexibility index (Phi) is 5.60. The molecule has 2 aliphatic heterocycles. The first-order chi connectivity index (χ1) is 13.5. The van der Waals surface area contributed by atoms with Crippen LogP contribution in [0.4, 0.5) is 0 Å². The Morgan fingerprint density at radius 3 is 3.00 bits per heavy atom. The topological polar surface area (TPSA) is 85.6 Å². The molecule has 1 aliphatic carbocycles. The summed E-state index contributed by atoms with van der Waals surface area (Å²) < 4.78 is 13.2. The largest absolute Gasteiger partial charge is 0.377 e. The fourth-order valence-electron chi connectivity index (χ4n) is 5.12. The molecule has 0 radical (unpaired) electrons. The van der Waals surface area contributed by atoms with Crippen molar-refractivity contribution in [1.82, 2.24) is 25.4 Å². The summed E-state index contributed by atoms with van der Waals surface area (Å²) in [7, 11) is 1.67. The van der Waals surface area contributed by atoms with Crippen LogP contribution in [0.5, 0.6) is 0 Å². The third kappa shape index (κ3) is 3.64. The van der Waals surface area contributed by atoms with Crippen LogP contribution in [0.3, 0.4) is 0 Å². The van der Waals surface area contributed by atoms with E-state index in [-0.39, 0.29) is 5.41 Å². The molecule has 3 heterocycles. The molecule has 156 valence electrons. The Bertz CT molecular complexity index is 716. The van der Waals surface area contributed by atoms with Crippen molar-refractivity contribution in [3.8, 4) is 0 Å². The second-order valence-electron chi connectivity index (χ2n) is 8.80. The number of aryl methyl sites for hydroxylation is 1. The maximum Gasteiger partial charge on any atom is 0.191 e. The summed E-state index contributed by atoms with van der Waals surface area (Å²) in [5.41, 5.74) is 0.127. The van der Waals surface area contributed by atoms with Crippen LogP contribution in [-0.2, 0) is 29.0 Å². The molecule has 3 aliphatic rings. The standard InChI is InChI=1S/C20H34N6O2/c1-5-21-19(24-17-14-7-6-10-28-18(14)20(17,2)3)22-13-8-9-16-23-15(12-27-4)25-26(16)11-13/h13-14,17-18H,5-12H2,1-4H3,(H2,21,22,24). The zero-order chi connectivity index (χ0) is 19.7. The number of aromatic nitrogens is 3. The summed E-state index contributed by atoms with van der Waals surface area (Å²) >= 11 is 0. The molecule has 8 nitrogen and oxygen atoms in total. The van der Waals surface area contributed by atoms with Crippen LogP contribution in [-0.4, -0.2) is 59.2 Å². The Labute approximate surface area is 167 Å². The lowest BCUT2D eigenvalue weighted by Gasteiger charge is -2.60. The average Bonchev–Trinajstić information content (AvgIpc) is 3.08. The van der Waals surface area contributed by atoms with Crippen LogP contribution >= 0.6 is 0 Å². The van der Waals surface area contributed by atoms with Crippen molar-refractivity contribution in [1.29, 1.82) is 0 Å². The molecule has 8 heteroatoms. The van der Waals surface area contributed by atoms with E-state index in [1.165, 1.54) is 6.42 Å². The first-order valence-electron chi connectivity index (χ1n) is 10.6. The van der Waals surface area contributed by atoms with E-state index < -0.39 is 0 Å². The molecule has 2 N–H and O–H groups in total. The van der Waals surface area contributed by atoms with E-state index >= 15 is 0 Å². The third-order valence-corrected chi connectivity index (χ3v) is 6.46. The monoisotopic (exact) mass is 390 g/mol. The van der Waals surface area contributed by atoms with Gasteiger partial charge in [0.15, 0.2) is 11.8 Å². The molecule has 28 heavy (non-hydrogen) atoms. The second-order valence-corrected chi connectivity index (χ2v) is 8.80. The van der Waals surface area contributed by atoms with Crippen molar-refractivity contribution in [2.45, 2.75) is 77.8 Å². The Hall–Kier alpha value is -1.67. The Balaban J connectivity index is 1.40. The lowest BCUT2D eigenvalue weighted by Crippen LogP contribution is -2.71. The number of hydrogen-bond acceptors (Lipinski definition) is 5. The number of ether oxygens (including phenoxy) is 2. The summed E-state index contributed by atoms with van der Waals surface area (Å²) in [4.78, 5) is 9.29. The van der Waals surface area contributed by atoms with Crippen molar-refractivity contribution in [3.05, 3.63) is 11.6 Å². The van der Waals surface area contributed by atoms with Crippen molar-refractivity contribution < 1.29 is 9.47 Å². The predicted octanol–water partition coefficient (Wildman–Crippen LogP) is 1.50. The summed E-state index contributed by atoms with van der Waals surface area (Å²) in [6.45, 7) is 9.62. The van der Waals surface area contributed by atoms with Crippen LogP contribution in [0.15, 0.2) is 4.99 Å². The normalized spacial score (nSPS) is 31.5. The third-order valence-electron chi connectivity index (χ3n) is 6.46. The lowest BCUT2D eigenvalue weighted by molar-refractivity contribution is -0.188. The average molecular weight is 391 g/mol. The number of methoxy groups -OCH3 is 1. The van der Waals surface area contributed by atoms with Gasteiger partial charge in [0.25, 0.3) is 0 Å². The van der Waals surface area contributed by atoms with Gasteiger partial charge in [0.05, 0.1) is 12.6 Å². The van der Waals surface area contributed by atoms with E-state index in [2.05, 4.69) is 41.5 Å². The number of nitrogens with one attached hydrogen (secondary N) is 2. The van der Waals surface area contributed by atoms with Gasteiger partial charge < -0.3 is 20.1 Å². The maximum absolute atomic E-state index is 6.05. The van der Waals surface area contributed by atoms with Gasteiger partial charge in [-0.3, -0.25) is 4.99 Å². The van der Waals surface area contributed by atoms with Crippen molar-refractivity contribution in [2.24, 2.45) is 16.3 Å². The smallest absolute Gasteiger partial charge is 0.191 e. The molecule has 4 unspecified atom stereocenters. The van der Waals surface area contributed by atoms with Crippen molar-refractivity contribution >= 4 is 5.96 Å². The van der Waals surface area contributed by atoms with Gasteiger partial charge >= 0.3 is 0 Å². The minimum atomic E-state index is 0.127. The molecular weight excluding hydrogens is 356 g/mol. The highest BCUT2D eigenvalue weighted by Crippen LogP contribution is 2.51.